The Balaban J connectivity index is 1.75. The summed E-state index contributed by atoms with van der Waals surface area (Å²) in [5.74, 6) is -0.0631. The van der Waals surface area contributed by atoms with Crippen LogP contribution in [0.25, 0.3) is 0 Å². The van der Waals surface area contributed by atoms with Gasteiger partial charge in [0.2, 0.25) is 5.91 Å². The van der Waals surface area contributed by atoms with Gasteiger partial charge < -0.3 is 10.6 Å². The molecule has 2 aromatic carbocycles. The third-order valence-electron chi connectivity index (χ3n) is 3.59. The molecule has 0 bridgehead atoms. The molecule has 108 valence electrons. The Morgan fingerprint density at radius 2 is 2.14 bits per heavy atom. The highest BCUT2D eigenvalue weighted by Crippen LogP contribution is 2.30. The third kappa shape index (κ3) is 2.92. The molecule has 1 heterocycles. The summed E-state index contributed by atoms with van der Waals surface area (Å²) < 4.78 is 0.827. The van der Waals surface area contributed by atoms with E-state index in [-0.39, 0.29) is 11.9 Å². The topological polar surface area (TPSA) is 41.1 Å². The van der Waals surface area contributed by atoms with Gasteiger partial charge in [0.05, 0.1) is 5.69 Å². The smallest absolute Gasteiger partial charge is 0.247 e. The Morgan fingerprint density at radius 3 is 2.90 bits per heavy atom. The first-order valence-electron chi connectivity index (χ1n) is 6.65. The number of hydrogen-bond donors (Lipinski definition) is 2. The fraction of sp³-hybridized carbons (Fsp3) is 0.188. The van der Waals surface area contributed by atoms with Gasteiger partial charge in [-0.05, 0) is 52.2 Å². The van der Waals surface area contributed by atoms with Crippen molar-refractivity contribution in [2.45, 2.75) is 19.4 Å². The van der Waals surface area contributed by atoms with Crippen LogP contribution in [0, 0.1) is 6.92 Å². The van der Waals surface area contributed by atoms with Crippen LogP contribution >= 0.6 is 27.5 Å². The highest BCUT2D eigenvalue weighted by Gasteiger charge is 2.26. The first kappa shape index (κ1) is 14.4. The molecule has 0 fully saturated rings. The maximum absolute atomic E-state index is 12.4. The van der Waals surface area contributed by atoms with Gasteiger partial charge in [-0.15, -0.1) is 0 Å². The predicted molar refractivity (Wildman–Crippen MR) is 90.1 cm³/mol. The lowest BCUT2D eigenvalue weighted by molar-refractivity contribution is -0.116. The summed E-state index contributed by atoms with van der Waals surface area (Å²) in [6.45, 7) is 1.92. The van der Waals surface area contributed by atoms with Crippen LogP contribution in [-0.4, -0.2) is 11.9 Å². The highest BCUT2D eigenvalue weighted by molar-refractivity contribution is 9.10. The predicted octanol–water partition coefficient (Wildman–Crippen LogP) is 4.39. The molecule has 2 N–H and O–H groups in total. The van der Waals surface area contributed by atoms with Crippen molar-refractivity contribution in [3.8, 4) is 0 Å². The zero-order valence-electron chi connectivity index (χ0n) is 11.4. The summed E-state index contributed by atoms with van der Waals surface area (Å²) in [5.41, 5.74) is 3.85. The standard InChI is InChI=1S/C16H14BrClN2O/c1-9-6-11(17)14(8-12(9)18)20-16(21)15-7-10-4-2-3-5-13(10)19-15/h2-6,8,15,19H,7H2,1H3,(H,20,21). The van der Waals surface area contributed by atoms with Crippen molar-refractivity contribution < 1.29 is 4.79 Å². The van der Waals surface area contributed by atoms with E-state index in [1.165, 1.54) is 5.56 Å². The Morgan fingerprint density at radius 1 is 1.38 bits per heavy atom. The molecule has 0 radical (unpaired) electrons. The monoisotopic (exact) mass is 364 g/mol. The molecule has 2 aromatic rings. The number of fused-ring (bicyclic) bond motifs is 1. The minimum absolute atomic E-state index is 0.0631. The molecule has 5 heteroatoms. The summed E-state index contributed by atoms with van der Waals surface area (Å²) in [6, 6.07) is 11.4. The maximum atomic E-state index is 12.4. The lowest BCUT2D eigenvalue weighted by Gasteiger charge is -2.14. The summed E-state index contributed by atoms with van der Waals surface area (Å²) >= 11 is 9.57. The molecular formula is C16H14BrClN2O. The SMILES string of the molecule is Cc1cc(Br)c(NC(=O)C2Cc3ccccc3N2)cc1Cl. The number of amides is 1. The first-order valence-corrected chi connectivity index (χ1v) is 7.82. The summed E-state index contributed by atoms with van der Waals surface area (Å²) in [6.07, 6.45) is 0.694. The molecule has 0 saturated carbocycles. The number of carbonyl (C=O) groups excluding carboxylic acids is 1. The van der Waals surface area contributed by atoms with Crippen LogP contribution in [0.3, 0.4) is 0 Å². The van der Waals surface area contributed by atoms with Crippen LogP contribution in [-0.2, 0) is 11.2 Å². The van der Waals surface area contributed by atoms with Gasteiger partial charge in [-0.1, -0.05) is 29.8 Å². The second-order valence-electron chi connectivity index (χ2n) is 5.13. The molecule has 1 amide bonds. The number of benzene rings is 2. The van der Waals surface area contributed by atoms with Gasteiger partial charge in [-0.3, -0.25) is 4.79 Å². The van der Waals surface area contributed by atoms with Crippen molar-refractivity contribution >= 4 is 44.8 Å². The Bertz CT molecular complexity index is 692. The Hall–Kier alpha value is -1.52. The van der Waals surface area contributed by atoms with Gasteiger partial charge in [0.1, 0.15) is 6.04 Å². The number of anilines is 2. The van der Waals surface area contributed by atoms with Crippen LogP contribution in [0.5, 0.6) is 0 Å². The average Bonchev–Trinajstić information content (AvgIpc) is 2.88. The number of para-hydroxylation sites is 1. The van der Waals surface area contributed by atoms with Crippen molar-refractivity contribution in [1.82, 2.24) is 0 Å². The first-order chi connectivity index (χ1) is 10.0. The van der Waals surface area contributed by atoms with Gasteiger partial charge >= 0.3 is 0 Å². The van der Waals surface area contributed by atoms with E-state index in [0.717, 1.165) is 15.7 Å². The minimum atomic E-state index is -0.255. The molecule has 0 spiro atoms. The van der Waals surface area contributed by atoms with E-state index in [2.05, 4.69) is 26.6 Å². The summed E-state index contributed by atoms with van der Waals surface area (Å²) in [4.78, 5) is 12.4. The molecule has 0 aliphatic carbocycles. The lowest BCUT2D eigenvalue weighted by atomic mass is 10.1. The zero-order valence-corrected chi connectivity index (χ0v) is 13.8. The molecule has 0 saturated heterocycles. The molecule has 1 aliphatic rings. The molecule has 3 rings (SSSR count). The normalized spacial score (nSPS) is 16.2. The average molecular weight is 366 g/mol. The van der Waals surface area contributed by atoms with Gasteiger partial charge in [0, 0.05) is 21.6 Å². The van der Waals surface area contributed by atoms with E-state index in [1.54, 1.807) is 6.07 Å². The zero-order chi connectivity index (χ0) is 15.0. The van der Waals surface area contributed by atoms with Crippen molar-refractivity contribution in [2.24, 2.45) is 0 Å². The van der Waals surface area contributed by atoms with Crippen LogP contribution in [0.15, 0.2) is 40.9 Å². The van der Waals surface area contributed by atoms with E-state index in [9.17, 15) is 4.79 Å². The van der Waals surface area contributed by atoms with Crippen molar-refractivity contribution in [3.05, 3.63) is 57.0 Å². The molecule has 1 aliphatic heterocycles. The Kier molecular flexibility index (Phi) is 3.91. The highest BCUT2D eigenvalue weighted by atomic mass is 79.9. The van der Waals surface area contributed by atoms with Crippen LogP contribution < -0.4 is 10.6 Å². The fourth-order valence-corrected chi connectivity index (χ4v) is 3.14. The number of nitrogens with one attached hydrogen (secondary N) is 2. The van der Waals surface area contributed by atoms with Crippen LogP contribution in [0.2, 0.25) is 5.02 Å². The molecular weight excluding hydrogens is 352 g/mol. The number of halogens is 2. The number of rotatable bonds is 2. The van der Waals surface area contributed by atoms with E-state index in [1.807, 2.05) is 37.3 Å². The molecule has 3 nitrogen and oxygen atoms in total. The number of aryl methyl sites for hydroxylation is 1. The second-order valence-corrected chi connectivity index (χ2v) is 6.39. The largest absolute Gasteiger partial charge is 0.373 e. The lowest BCUT2D eigenvalue weighted by Crippen LogP contribution is -2.32. The number of carbonyl (C=O) groups is 1. The third-order valence-corrected chi connectivity index (χ3v) is 4.66. The van der Waals surface area contributed by atoms with E-state index >= 15 is 0 Å². The van der Waals surface area contributed by atoms with Gasteiger partial charge in [0.25, 0.3) is 0 Å². The van der Waals surface area contributed by atoms with Gasteiger partial charge in [-0.25, -0.2) is 0 Å². The van der Waals surface area contributed by atoms with Crippen LogP contribution in [0.1, 0.15) is 11.1 Å². The van der Waals surface area contributed by atoms with Crippen molar-refractivity contribution in [3.63, 3.8) is 0 Å². The van der Waals surface area contributed by atoms with E-state index in [0.29, 0.717) is 17.1 Å². The maximum Gasteiger partial charge on any atom is 0.247 e. The summed E-state index contributed by atoms with van der Waals surface area (Å²) in [7, 11) is 0. The van der Waals surface area contributed by atoms with E-state index in [4.69, 9.17) is 11.6 Å². The molecule has 21 heavy (non-hydrogen) atoms. The Labute approximate surface area is 136 Å². The molecule has 0 aromatic heterocycles. The minimum Gasteiger partial charge on any atom is -0.373 e. The summed E-state index contributed by atoms with van der Waals surface area (Å²) in [5, 5.41) is 6.80. The molecule has 1 atom stereocenters. The van der Waals surface area contributed by atoms with Gasteiger partial charge in [-0.2, -0.15) is 0 Å². The van der Waals surface area contributed by atoms with Crippen LogP contribution in [0.4, 0.5) is 11.4 Å². The number of hydrogen-bond acceptors (Lipinski definition) is 2. The fourth-order valence-electron chi connectivity index (χ4n) is 2.42. The van der Waals surface area contributed by atoms with E-state index < -0.39 is 0 Å². The quantitative estimate of drug-likeness (QED) is 0.829. The second kappa shape index (κ2) is 5.70. The molecule has 1 unspecified atom stereocenters. The van der Waals surface area contributed by atoms with Crippen molar-refractivity contribution in [2.75, 3.05) is 10.6 Å². The van der Waals surface area contributed by atoms with Gasteiger partial charge in [0.15, 0.2) is 0 Å². The van der Waals surface area contributed by atoms with Crippen molar-refractivity contribution in [1.29, 1.82) is 0 Å².